The molecule has 25 heavy (non-hydrogen) atoms. The Labute approximate surface area is 160 Å². The van der Waals surface area contributed by atoms with Gasteiger partial charge in [-0.15, -0.1) is 0 Å². The summed E-state index contributed by atoms with van der Waals surface area (Å²) in [6, 6.07) is 1.31. The van der Waals surface area contributed by atoms with Gasteiger partial charge < -0.3 is 14.6 Å². The zero-order valence-corrected chi connectivity index (χ0v) is 16.2. The number of aliphatic hydroxyl groups excluding tert-OH is 1. The Hall–Kier alpha value is -1.76. The van der Waals surface area contributed by atoms with Gasteiger partial charge in [-0.05, 0) is 26.8 Å². The fraction of sp³-hybridized carbons (Fsp3) is 0.312. The van der Waals surface area contributed by atoms with Gasteiger partial charge in [0.05, 0.1) is 34.0 Å². The van der Waals surface area contributed by atoms with Crippen molar-refractivity contribution in [1.82, 2.24) is 0 Å². The zero-order chi connectivity index (χ0) is 19.3. The van der Waals surface area contributed by atoms with Crippen LogP contribution in [-0.2, 0) is 14.3 Å². The summed E-state index contributed by atoms with van der Waals surface area (Å²) in [5.41, 5.74) is -0.260. The molecule has 9 heteroatoms. The van der Waals surface area contributed by atoms with Gasteiger partial charge in [0.15, 0.2) is 0 Å². The second kappa shape index (κ2) is 9.08. The average Bonchev–Trinajstić information content (AvgIpc) is 2.51. The first kappa shape index (κ1) is 21.3. The van der Waals surface area contributed by atoms with E-state index in [4.69, 9.17) is 39.5 Å². The smallest absolute Gasteiger partial charge is 0.343 e. The molecule has 0 aliphatic rings. The molecule has 0 aliphatic heterocycles. The lowest BCUT2D eigenvalue weighted by atomic mass is 10.2. The van der Waals surface area contributed by atoms with Crippen molar-refractivity contribution < 1.29 is 24.2 Å². The van der Waals surface area contributed by atoms with Crippen LogP contribution in [0.2, 0.25) is 15.1 Å². The summed E-state index contributed by atoms with van der Waals surface area (Å²) in [4.78, 5) is 27.8. The molecule has 0 spiro atoms. The van der Waals surface area contributed by atoms with Crippen molar-refractivity contribution in [3.63, 3.8) is 0 Å². The molecule has 0 heterocycles. The summed E-state index contributed by atoms with van der Waals surface area (Å²) in [6.45, 7) is 4.63. The minimum Gasteiger partial charge on any atom is -0.512 e. The van der Waals surface area contributed by atoms with Crippen LogP contribution in [0.4, 0.5) is 5.69 Å². The highest BCUT2D eigenvalue weighted by Gasteiger charge is 2.22. The third-order valence-electron chi connectivity index (χ3n) is 2.81. The van der Waals surface area contributed by atoms with Gasteiger partial charge in [-0.3, -0.25) is 4.99 Å². The maximum absolute atomic E-state index is 12.0. The number of carbonyl (C=O) groups is 2. The third-order valence-corrected chi connectivity index (χ3v) is 3.98. The highest BCUT2D eigenvalue weighted by Crippen LogP contribution is 2.39. The molecule has 0 bridgehead atoms. The largest absolute Gasteiger partial charge is 0.512 e. The van der Waals surface area contributed by atoms with Crippen molar-refractivity contribution in [3.05, 3.63) is 38.0 Å². The molecular weight excluding hydrogens is 393 g/mol. The summed E-state index contributed by atoms with van der Waals surface area (Å²) in [7, 11) is 1.16. The lowest BCUT2D eigenvalue weighted by Gasteiger charge is -2.10. The number of esters is 2. The lowest BCUT2D eigenvalue weighted by Crippen LogP contribution is -2.15. The molecule has 0 atom stereocenters. The van der Waals surface area contributed by atoms with Gasteiger partial charge in [0, 0.05) is 6.21 Å². The van der Waals surface area contributed by atoms with E-state index in [1.54, 1.807) is 13.8 Å². The summed E-state index contributed by atoms with van der Waals surface area (Å²) >= 11 is 18.1. The fourth-order valence-corrected chi connectivity index (χ4v) is 2.42. The van der Waals surface area contributed by atoms with Crippen LogP contribution in [0.1, 0.15) is 31.1 Å². The second-order valence-electron chi connectivity index (χ2n) is 5.08. The van der Waals surface area contributed by atoms with Gasteiger partial charge in [0.1, 0.15) is 16.9 Å². The number of carbonyl (C=O) groups excluding carboxylic acids is 2. The van der Waals surface area contributed by atoms with Crippen molar-refractivity contribution in [2.45, 2.75) is 26.9 Å². The minimum atomic E-state index is -0.790. The van der Waals surface area contributed by atoms with E-state index >= 15 is 0 Å². The number of aliphatic hydroxyl groups is 1. The Bertz CT molecular complexity index is 753. The van der Waals surface area contributed by atoms with E-state index in [1.165, 1.54) is 13.0 Å². The standard InChI is InChI=1S/C16H16Cl3NO5/c1-7(2)25-15(22)9(8(3)21)6-20-11-5-10(17)13(18)12(14(11)19)16(23)24-4/h5-7,21H,1-4H3. The molecule has 0 unspecified atom stereocenters. The molecule has 1 rings (SSSR count). The quantitative estimate of drug-likeness (QED) is 0.246. The van der Waals surface area contributed by atoms with Crippen molar-refractivity contribution in [1.29, 1.82) is 0 Å². The molecule has 136 valence electrons. The molecule has 0 fully saturated rings. The highest BCUT2D eigenvalue weighted by atomic mass is 35.5. The zero-order valence-electron chi connectivity index (χ0n) is 13.9. The number of benzene rings is 1. The van der Waals surface area contributed by atoms with Crippen molar-refractivity contribution in [2.24, 2.45) is 4.99 Å². The van der Waals surface area contributed by atoms with Crippen LogP contribution in [0.25, 0.3) is 0 Å². The van der Waals surface area contributed by atoms with E-state index in [-0.39, 0.29) is 43.8 Å². The first-order valence-corrected chi connectivity index (χ1v) is 8.14. The van der Waals surface area contributed by atoms with Crippen LogP contribution < -0.4 is 0 Å². The van der Waals surface area contributed by atoms with Crippen molar-refractivity contribution in [2.75, 3.05) is 7.11 Å². The molecule has 6 nitrogen and oxygen atoms in total. The number of allylic oxidation sites excluding steroid dienone is 1. The number of hydrogen-bond acceptors (Lipinski definition) is 6. The summed E-state index contributed by atoms with van der Waals surface area (Å²) in [6.07, 6.45) is 0.682. The number of hydrogen-bond donors (Lipinski definition) is 1. The van der Waals surface area contributed by atoms with E-state index in [2.05, 4.69) is 9.73 Å². The minimum absolute atomic E-state index is 0.0228. The lowest BCUT2D eigenvalue weighted by molar-refractivity contribution is -0.142. The topological polar surface area (TPSA) is 85.2 Å². The second-order valence-corrected chi connectivity index (χ2v) is 6.25. The normalized spacial score (nSPS) is 12.3. The van der Waals surface area contributed by atoms with Crippen LogP contribution in [0, 0.1) is 0 Å². The molecule has 0 saturated heterocycles. The summed E-state index contributed by atoms with van der Waals surface area (Å²) < 4.78 is 9.62. The Morgan fingerprint density at radius 3 is 2.32 bits per heavy atom. The van der Waals surface area contributed by atoms with Gasteiger partial charge in [-0.2, -0.15) is 0 Å². The molecule has 0 aliphatic carbocycles. The SMILES string of the molecule is COC(=O)c1c(Cl)c(Cl)cc(N=CC(C(=O)OC(C)C)=C(C)O)c1Cl. The van der Waals surface area contributed by atoms with Crippen LogP contribution in [0.5, 0.6) is 0 Å². The fourth-order valence-electron chi connectivity index (χ4n) is 1.67. The number of aliphatic imine (C=N–C) groups is 1. The Kier molecular flexibility index (Phi) is 7.73. The first-order valence-electron chi connectivity index (χ1n) is 7.00. The molecule has 0 saturated carbocycles. The number of halogens is 3. The van der Waals surface area contributed by atoms with E-state index < -0.39 is 11.9 Å². The maximum atomic E-state index is 12.0. The van der Waals surface area contributed by atoms with Gasteiger partial charge in [0.2, 0.25) is 0 Å². The van der Waals surface area contributed by atoms with E-state index in [0.29, 0.717) is 0 Å². The number of ether oxygens (including phenoxy) is 2. The van der Waals surface area contributed by atoms with E-state index in [0.717, 1.165) is 13.3 Å². The van der Waals surface area contributed by atoms with E-state index in [9.17, 15) is 14.7 Å². The molecule has 0 radical (unpaired) electrons. The molecule has 0 amide bonds. The molecule has 0 aromatic heterocycles. The number of methoxy groups -OCH3 is 1. The summed E-state index contributed by atoms with van der Waals surface area (Å²) in [5.74, 6) is -1.84. The third kappa shape index (κ3) is 5.36. The van der Waals surface area contributed by atoms with Crippen LogP contribution in [-0.4, -0.2) is 36.5 Å². The van der Waals surface area contributed by atoms with Crippen molar-refractivity contribution in [3.8, 4) is 0 Å². The Morgan fingerprint density at radius 1 is 1.24 bits per heavy atom. The number of rotatable bonds is 5. The first-order chi connectivity index (χ1) is 11.6. The van der Waals surface area contributed by atoms with Crippen LogP contribution in [0.15, 0.2) is 22.4 Å². The predicted octanol–water partition coefficient (Wildman–Crippen LogP) is 4.92. The molecular formula is C16H16Cl3NO5. The summed E-state index contributed by atoms with van der Waals surface area (Å²) in [5, 5.41) is 9.49. The monoisotopic (exact) mass is 407 g/mol. The average molecular weight is 409 g/mol. The van der Waals surface area contributed by atoms with Crippen LogP contribution in [0.3, 0.4) is 0 Å². The number of nitrogens with zero attached hydrogens (tertiary/aromatic N) is 1. The van der Waals surface area contributed by atoms with Gasteiger partial charge in [0.25, 0.3) is 0 Å². The predicted molar refractivity (Wildman–Crippen MR) is 97.5 cm³/mol. The van der Waals surface area contributed by atoms with Gasteiger partial charge >= 0.3 is 11.9 Å². The Morgan fingerprint density at radius 2 is 1.84 bits per heavy atom. The molecule has 1 aromatic rings. The van der Waals surface area contributed by atoms with Crippen molar-refractivity contribution >= 4 is 58.6 Å². The highest BCUT2D eigenvalue weighted by molar-refractivity contribution is 6.47. The Balaban J connectivity index is 3.36. The van der Waals surface area contributed by atoms with Gasteiger partial charge in [-0.25, -0.2) is 9.59 Å². The molecule has 1 N–H and O–H groups in total. The van der Waals surface area contributed by atoms with Gasteiger partial charge in [-0.1, -0.05) is 34.8 Å². The maximum Gasteiger partial charge on any atom is 0.343 e. The van der Waals surface area contributed by atoms with Crippen LogP contribution >= 0.6 is 34.8 Å². The van der Waals surface area contributed by atoms with E-state index in [1.807, 2.05) is 0 Å². The molecule has 1 aromatic carbocycles.